The number of halogens is 1. The van der Waals surface area contributed by atoms with Gasteiger partial charge < -0.3 is 10.4 Å². The highest BCUT2D eigenvalue weighted by molar-refractivity contribution is 5.68. The van der Waals surface area contributed by atoms with Gasteiger partial charge in [-0.15, -0.1) is 20.1 Å². The van der Waals surface area contributed by atoms with Crippen molar-refractivity contribution < 1.29 is 9.50 Å². The van der Waals surface area contributed by atoms with E-state index in [9.17, 15) is 9.50 Å². The van der Waals surface area contributed by atoms with Crippen LogP contribution >= 0.6 is 0 Å². The number of tetrazole rings is 1. The molecule has 1 aromatic carbocycles. The number of hydrogen-bond donors (Lipinski definition) is 2. The second kappa shape index (κ2) is 6.94. The fourth-order valence-electron chi connectivity index (χ4n) is 4.37. The second-order valence-electron chi connectivity index (χ2n) is 8.25. The minimum atomic E-state index is -1.02. The summed E-state index contributed by atoms with van der Waals surface area (Å²) in [6, 6.07) is 8.95. The molecule has 1 unspecified atom stereocenters. The van der Waals surface area contributed by atoms with Crippen molar-refractivity contribution in [3.63, 3.8) is 0 Å². The van der Waals surface area contributed by atoms with E-state index in [2.05, 4.69) is 30.9 Å². The Morgan fingerprint density at radius 1 is 1.23 bits per heavy atom. The third kappa shape index (κ3) is 3.24. The lowest BCUT2D eigenvalue weighted by Gasteiger charge is -2.36. The molecule has 2 saturated heterocycles. The van der Waals surface area contributed by atoms with Crippen LogP contribution in [0.5, 0.6) is 5.75 Å². The lowest BCUT2D eigenvalue weighted by Crippen LogP contribution is -2.52. The van der Waals surface area contributed by atoms with Gasteiger partial charge in [-0.2, -0.15) is 5.10 Å². The quantitative estimate of drug-likeness (QED) is 0.688. The van der Waals surface area contributed by atoms with Crippen molar-refractivity contribution in [1.82, 2.24) is 35.7 Å². The van der Waals surface area contributed by atoms with E-state index in [-0.39, 0.29) is 5.75 Å². The molecule has 2 bridgehead atoms. The van der Waals surface area contributed by atoms with Gasteiger partial charge in [0.05, 0.1) is 22.6 Å². The molecular weight excluding hydrogens is 385 g/mol. The maximum absolute atomic E-state index is 15.0. The van der Waals surface area contributed by atoms with Crippen LogP contribution in [-0.4, -0.2) is 53.3 Å². The smallest absolute Gasteiger partial charge is 0.172 e. The molecule has 2 N–H and O–H groups in total. The van der Waals surface area contributed by atoms with Crippen LogP contribution in [0.1, 0.15) is 37.7 Å². The number of nitrogens with one attached hydrogen (secondary N) is 1. The minimum absolute atomic E-state index is 0.0366. The van der Waals surface area contributed by atoms with Crippen molar-refractivity contribution in [3.05, 3.63) is 47.4 Å². The highest BCUT2D eigenvalue weighted by Crippen LogP contribution is 2.41. The molecule has 2 aliphatic heterocycles. The SMILES string of the molecule is Cc1nnn(-c2ccc(-c3ccc(/C=C4\CC5CC[C@](C)(N5)[C@H]4F)nn3)c(O)c2)n1. The summed E-state index contributed by atoms with van der Waals surface area (Å²) >= 11 is 0. The van der Waals surface area contributed by atoms with Gasteiger partial charge in [-0.25, -0.2) is 4.39 Å². The summed E-state index contributed by atoms with van der Waals surface area (Å²) in [7, 11) is 0. The predicted molar refractivity (Wildman–Crippen MR) is 109 cm³/mol. The second-order valence-corrected chi connectivity index (χ2v) is 8.25. The van der Waals surface area contributed by atoms with Gasteiger partial charge in [0.15, 0.2) is 5.82 Å². The van der Waals surface area contributed by atoms with Gasteiger partial charge in [0.25, 0.3) is 0 Å². The number of hydrogen-bond acceptors (Lipinski definition) is 7. The van der Waals surface area contributed by atoms with E-state index in [1.807, 2.05) is 6.92 Å². The Hall–Kier alpha value is -3.20. The van der Waals surface area contributed by atoms with E-state index in [0.717, 1.165) is 18.4 Å². The summed E-state index contributed by atoms with van der Waals surface area (Å²) < 4.78 is 15.0. The molecule has 0 aliphatic carbocycles. The topological polar surface area (TPSA) is 102 Å². The zero-order chi connectivity index (χ0) is 20.9. The number of fused-ring (bicyclic) bond motifs is 2. The molecule has 0 radical (unpaired) electrons. The van der Waals surface area contributed by atoms with Crippen molar-refractivity contribution >= 4 is 6.08 Å². The van der Waals surface area contributed by atoms with E-state index < -0.39 is 11.7 Å². The first kappa shape index (κ1) is 18.8. The first-order valence-corrected chi connectivity index (χ1v) is 9.98. The predicted octanol–water partition coefficient (Wildman–Crippen LogP) is 2.77. The molecule has 4 heterocycles. The van der Waals surface area contributed by atoms with Crippen LogP contribution in [0.25, 0.3) is 23.0 Å². The number of aryl methyl sites for hydroxylation is 1. The third-order valence-electron chi connectivity index (χ3n) is 5.93. The van der Waals surface area contributed by atoms with Gasteiger partial charge >= 0.3 is 0 Å². The first-order chi connectivity index (χ1) is 14.4. The molecule has 0 spiro atoms. The van der Waals surface area contributed by atoms with Crippen LogP contribution in [0.15, 0.2) is 35.9 Å². The molecule has 2 aromatic heterocycles. The van der Waals surface area contributed by atoms with Crippen LogP contribution in [0, 0.1) is 6.92 Å². The number of benzene rings is 1. The van der Waals surface area contributed by atoms with Crippen LogP contribution in [0.2, 0.25) is 0 Å². The molecule has 2 fully saturated rings. The van der Waals surface area contributed by atoms with Crippen LogP contribution in [-0.2, 0) is 0 Å². The Balaban J connectivity index is 1.39. The van der Waals surface area contributed by atoms with Gasteiger partial charge in [-0.05, 0) is 74.2 Å². The normalized spacial score (nSPS) is 27.0. The standard InChI is InChI=1S/C21H22FN7O/c1-12-24-28-29(27-12)16-4-5-17(19(30)11-16)18-6-3-15(25-26-18)10-13-9-14-7-8-21(2,23-14)20(13)22/h3-6,10-11,14,20,23,30H,7-9H2,1-2H3/b13-10+/t14?,20-,21-/m0/s1. The van der Waals surface area contributed by atoms with Crippen LogP contribution in [0.3, 0.4) is 0 Å². The number of nitrogens with zero attached hydrogens (tertiary/aromatic N) is 6. The number of phenolic OH excluding ortho intramolecular Hbond substituents is 1. The Bertz CT molecular complexity index is 1130. The molecule has 0 saturated carbocycles. The van der Waals surface area contributed by atoms with E-state index >= 15 is 0 Å². The average Bonchev–Trinajstić information content (AvgIpc) is 3.31. The third-order valence-corrected chi connectivity index (χ3v) is 5.93. The number of rotatable bonds is 3. The fraction of sp³-hybridized carbons (Fsp3) is 0.381. The van der Waals surface area contributed by atoms with Crippen molar-refractivity contribution in [2.75, 3.05) is 0 Å². The van der Waals surface area contributed by atoms with Crippen molar-refractivity contribution in [2.45, 2.75) is 50.9 Å². The molecule has 8 nitrogen and oxygen atoms in total. The summed E-state index contributed by atoms with van der Waals surface area (Å²) in [6.45, 7) is 3.69. The molecule has 3 atom stereocenters. The lowest BCUT2D eigenvalue weighted by atomic mass is 9.86. The Labute approximate surface area is 172 Å². The molecule has 3 aromatic rings. The number of aromatic nitrogens is 6. The van der Waals surface area contributed by atoms with Crippen molar-refractivity contribution in [3.8, 4) is 22.7 Å². The monoisotopic (exact) mass is 407 g/mol. The molecule has 5 rings (SSSR count). The molecule has 9 heteroatoms. The molecule has 30 heavy (non-hydrogen) atoms. The minimum Gasteiger partial charge on any atom is -0.507 e. The highest BCUT2D eigenvalue weighted by atomic mass is 19.1. The molecule has 2 aliphatic rings. The number of alkyl halides is 1. The highest BCUT2D eigenvalue weighted by Gasteiger charge is 2.47. The zero-order valence-corrected chi connectivity index (χ0v) is 16.7. The summed E-state index contributed by atoms with van der Waals surface area (Å²) in [4.78, 5) is 1.35. The lowest BCUT2D eigenvalue weighted by molar-refractivity contribution is 0.186. The van der Waals surface area contributed by atoms with Gasteiger partial charge in [0.1, 0.15) is 11.9 Å². The summed E-state index contributed by atoms with van der Waals surface area (Å²) in [5.74, 6) is 0.579. The molecular formula is C21H22FN7O. The largest absolute Gasteiger partial charge is 0.507 e. The average molecular weight is 407 g/mol. The van der Waals surface area contributed by atoms with Gasteiger partial charge in [0.2, 0.25) is 0 Å². The first-order valence-electron chi connectivity index (χ1n) is 9.98. The fourth-order valence-corrected chi connectivity index (χ4v) is 4.37. The number of aromatic hydroxyl groups is 1. The van der Waals surface area contributed by atoms with Crippen molar-refractivity contribution in [1.29, 1.82) is 0 Å². The number of piperidine rings is 1. The van der Waals surface area contributed by atoms with Gasteiger partial charge in [-0.1, -0.05) is 0 Å². The van der Waals surface area contributed by atoms with Crippen LogP contribution in [0.4, 0.5) is 4.39 Å². The van der Waals surface area contributed by atoms with Crippen molar-refractivity contribution in [2.24, 2.45) is 0 Å². The zero-order valence-electron chi connectivity index (χ0n) is 16.7. The summed E-state index contributed by atoms with van der Waals surface area (Å²) in [6.07, 6.45) is 3.32. The Morgan fingerprint density at radius 3 is 2.80 bits per heavy atom. The van der Waals surface area contributed by atoms with Gasteiger partial charge in [-0.3, -0.25) is 0 Å². The van der Waals surface area contributed by atoms with Crippen LogP contribution < -0.4 is 5.32 Å². The Morgan fingerprint density at radius 2 is 2.10 bits per heavy atom. The van der Waals surface area contributed by atoms with E-state index in [0.29, 0.717) is 40.9 Å². The van der Waals surface area contributed by atoms with Gasteiger partial charge in [0, 0.05) is 17.7 Å². The molecule has 0 amide bonds. The summed E-state index contributed by atoms with van der Waals surface area (Å²) in [5, 5.41) is 34.2. The van der Waals surface area contributed by atoms with E-state index in [1.54, 1.807) is 43.3 Å². The summed E-state index contributed by atoms with van der Waals surface area (Å²) in [5.41, 5.74) is 2.56. The van der Waals surface area contributed by atoms with E-state index in [4.69, 9.17) is 0 Å². The maximum Gasteiger partial charge on any atom is 0.172 e. The molecule has 154 valence electrons. The maximum atomic E-state index is 15.0. The van der Waals surface area contributed by atoms with E-state index in [1.165, 1.54) is 4.80 Å². The Kier molecular flexibility index (Phi) is 4.35. The number of phenols is 1.